The first kappa shape index (κ1) is 20.8. The van der Waals surface area contributed by atoms with Gasteiger partial charge in [-0.25, -0.2) is 0 Å². The number of carbonyl (C=O) groups excluding carboxylic acids is 1. The molecule has 3 heterocycles. The minimum Gasteiger partial charge on any atom is -0.381 e. The van der Waals surface area contributed by atoms with Crippen LogP contribution in [0.1, 0.15) is 49.1 Å². The number of ether oxygens (including phenoxy) is 1. The number of nitrogens with one attached hydrogen (secondary N) is 1. The fraction of sp³-hybridized carbons (Fsp3) is 0.708. The number of aryl methyl sites for hydroxylation is 1. The molecule has 0 aliphatic carbocycles. The van der Waals surface area contributed by atoms with Crippen molar-refractivity contribution in [2.75, 3.05) is 52.5 Å². The molecule has 4 rings (SSSR count). The van der Waals surface area contributed by atoms with Gasteiger partial charge in [0.2, 0.25) is 5.91 Å². The van der Waals surface area contributed by atoms with Crippen LogP contribution in [0.3, 0.4) is 0 Å². The van der Waals surface area contributed by atoms with E-state index in [9.17, 15) is 4.79 Å². The summed E-state index contributed by atoms with van der Waals surface area (Å²) in [5, 5.41) is 3.22. The lowest BCUT2D eigenvalue weighted by Crippen LogP contribution is -2.47. The van der Waals surface area contributed by atoms with Crippen molar-refractivity contribution in [2.24, 2.45) is 5.92 Å². The summed E-state index contributed by atoms with van der Waals surface area (Å²) < 4.78 is 5.48. The Hall–Kier alpha value is -1.43. The van der Waals surface area contributed by atoms with Crippen molar-refractivity contribution in [3.05, 3.63) is 35.4 Å². The minimum atomic E-state index is 0.199. The zero-order valence-corrected chi connectivity index (χ0v) is 17.9. The van der Waals surface area contributed by atoms with Gasteiger partial charge < -0.3 is 19.9 Å². The Balaban J connectivity index is 1.14. The predicted octanol–water partition coefficient (Wildman–Crippen LogP) is 2.79. The predicted molar refractivity (Wildman–Crippen MR) is 116 cm³/mol. The Labute approximate surface area is 175 Å². The van der Waals surface area contributed by atoms with E-state index in [-0.39, 0.29) is 11.8 Å². The number of amides is 1. The van der Waals surface area contributed by atoms with Crippen LogP contribution in [-0.2, 0) is 9.53 Å². The average molecular weight is 400 g/mol. The van der Waals surface area contributed by atoms with E-state index in [1.165, 1.54) is 17.5 Å². The molecule has 0 aromatic heterocycles. The largest absolute Gasteiger partial charge is 0.381 e. The fourth-order valence-corrected chi connectivity index (χ4v) is 5.39. The van der Waals surface area contributed by atoms with E-state index in [0.717, 1.165) is 78.2 Å². The lowest BCUT2D eigenvalue weighted by Gasteiger charge is -2.38. The van der Waals surface area contributed by atoms with E-state index < -0.39 is 0 Å². The number of hydrogen-bond acceptors (Lipinski definition) is 4. The second kappa shape index (κ2) is 10.1. The molecule has 1 atom stereocenters. The molecule has 1 N–H and O–H groups in total. The number of carbonyl (C=O) groups is 1. The maximum absolute atomic E-state index is 12.6. The average Bonchev–Trinajstić information content (AvgIpc) is 3.23. The molecule has 1 amide bonds. The highest BCUT2D eigenvalue weighted by molar-refractivity contribution is 5.78. The Morgan fingerprint density at radius 3 is 2.59 bits per heavy atom. The van der Waals surface area contributed by atoms with Gasteiger partial charge in [0.05, 0.1) is 0 Å². The molecule has 0 saturated carbocycles. The van der Waals surface area contributed by atoms with Crippen molar-refractivity contribution >= 4 is 5.91 Å². The van der Waals surface area contributed by atoms with Crippen LogP contribution in [0, 0.1) is 12.8 Å². The summed E-state index contributed by atoms with van der Waals surface area (Å²) >= 11 is 0. The molecule has 3 aliphatic rings. The molecule has 3 aliphatic heterocycles. The van der Waals surface area contributed by atoms with Gasteiger partial charge in [-0.2, -0.15) is 0 Å². The van der Waals surface area contributed by atoms with Gasteiger partial charge in [0.25, 0.3) is 0 Å². The number of rotatable bonds is 6. The number of likely N-dealkylation sites (tertiary alicyclic amines) is 2. The molecule has 3 saturated heterocycles. The van der Waals surface area contributed by atoms with Gasteiger partial charge in [0, 0.05) is 44.8 Å². The summed E-state index contributed by atoms with van der Waals surface area (Å²) in [4.78, 5) is 17.7. The highest BCUT2D eigenvalue weighted by Gasteiger charge is 2.30. The summed E-state index contributed by atoms with van der Waals surface area (Å²) in [6, 6.07) is 9.43. The zero-order chi connectivity index (χ0) is 20.1. The zero-order valence-electron chi connectivity index (χ0n) is 17.9. The van der Waals surface area contributed by atoms with Crippen molar-refractivity contribution in [3.63, 3.8) is 0 Å². The van der Waals surface area contributed by atoms with E-state index in [2.05, 4.69) is 46.3 Å². The second-order valence-corrected chi connectivity index (χ2v) is 9.09. The van der Waals surface area contributed by atoms with Gasteiger partial charge in [-0.05, 0) is 75.7 Å². The molecule has 5 nitrogen and oxygen atoms in total. The van der Waals surface area contributed by atoms with E-state index in [1.54, 1.807) is 0 Å². The molecular weight excluding hydrogens is 362 g/mol. The molecule has 29 heavy (non-hydrogen) atoms. The maximum Gasteiger partial charge on any atom is 0.223 e. The summed E-state index contributed by atoms with van der Waals surface area (Å²) in [6.07, 6.45) is 5.53. The highest BCUT2D eigenvalue weighted by Crippen LogP contribution is 2.29. The van der Waals surface area contributed by atoms with E-state index in [1.807, 2.05) is 0 Å². The monoisotopic (exact) mass is 399 g/mol. The molecule has 0 radical (unpaired) electrons. The molecule has 0 bridgehead atoms. The van der Waals surface area contributed by atoms with Gasteiger partial charge >= 0.3 is 0 Å². The molecule has 160 valence electrons. The van der Waals surface area contributed by atoms with Crippen LogP contribution in [0.15, 0.2) is 24.3 Å². The van der Waals surface area contributed by atoms with Crippen molar-refractivity contribution in [1.29, 1.82) is 0 Å². The van der Waals surface area contributed by atoms with Crippen LogP contribution in [0.25, 0.3) is 0 Å². The Morgan fingerprint density at radius 2 is 1.83 bits per heavy atom. The highest BCUT2D eigenvalue weighted by atomic mass is 16.5. The lowest BCUT2D eigenvalue weighted by molar-refractivity contribution is -0.126. The van der Waals surface area contributed by atoms with E-state index in [0.29, 0.717) is 12.0 Å². The molecule has 1 aromatic rings. The number of nitrogens with zero attached hydrogens (tertiary/aromatic N) is 2. The van der Waals surface area contributed by atoms with E-state index in [4.69, 9.17) is 4.74 Å². The van der Waals surface area contributed by atoms with Gasteiger partial charge in [0.15, 0.2) is 0 Å². The fourth-order valence-electron chi connectivity index (χ4n) is 5.39. The van der Waals surface area contributed by atoms with Gasteiger partial charge in [0.1, 0.15) is 0 Å². The molecule has 0 spiro atoms. The van der Waals surface area contributed by atoms with Crippen molar-refractivity contribution < 1.29 is 9.53 Å². The van der Waals surface area contributed by atoms with Crippen LogP contribution in [0.5, 0.6) is 0 Å². The SMILES string of the molecule is Cc1ccccc1C1CCN(CCNC(=O)C2CCN(C3CCOCC3)CC2)C1. The Bertz CT molecular complexity index is 666. The molecular formula is C24H37N3O2. The topological polar surface area (TPSA) is 44.8 Å². The first-order valence-electron chi connectivity index (χ1n) is 11.6. The maximum atomic E-state index is 12.6. The van der Waals surface area contributed by atoms with Crippen molar-refractivity contribution in [1.82, 2.24) is 15.1 Å². The normalized spacial score (nSPS) is 25.3. The molecule has 1 aromatic carbocycles. The lowest BCUT2D eigenvalue weighted by atomic mass is 9.93. The quantitative estimate of drug-likeness (QED) is 0.799. The summed E-state index contributed by atoms with van der Waals surface area (Å²) in [6.45, 7) is 10.1. The summed E-state index contributed by atoms with van der Waals surface area (Å²) in [5.74, 6) is 1.11. The third-order valence-electron chi connectivity index (χ3n) is 7.24. The standard InChI is InChI=1S/C24H37N3O2/c1-19-4-2-3-5-23(19)21-6-12-26(18-21)15-11-25-24(28)20-7-13-27(14-8-20)22-9-16-29-17-10-22/h2-5,20-22H,6-18H2,1H3,(H,25,28). The van der Waals surface area contributed by atoms with Crippen molar-refractivity contribution in [2.45, 2.75) is 51.0 Å². The second-order valence-electron chi connectivity index (χ2n) is 9.09. The summed E-state index contributed by atoms with van der Waals surface area (Å²) in [7, 11) is 0. The van der Waals surface area contributed by atoms with Gasteiger partial charge in [-0.1, -0.05) is 24.3 Å². The number of benzene rings is 1. The van der Waals surface area contributed by atoms with Crippen LogP contribution in [0.4, 0.5) is 0 Å². The first-order chi connectivity index (χ1) is 14.2. The van der Waals surface area contributed by atoms with Crippen LogP contribution < -0.4 is 5.32 Å². The van der Waals surface area contributed by atoms with Gasteiger partial charge in [-0.15, -0.1) is 0 Å². The van der Waals surface area contributed by atoms with Crippen molar-refractivity contribution in [3.8, 4) is 0 Å². The van der Waals surface area contributed by atoms with Gasteiger partial charge in [-0.3, -0.25) is 4.79 Å². The first-order valence-corrected chi connectivity index (χ1v) is 11.6. The van der Waals surface area contributed by atoms with Crippen LogP contribution in [-0.4, -0.2) is 74.2 Å². The number of piperidine rings is 1. The molecule has 1 unspecified atom stereocenters. The number of hydrogen-bond donors (Lipinski definition) is 1. The third-order valence-corrected chi connectivity index (χ3v) is 7.24. The summed E-state index contributed by atoms with van der Waals surface area (Å²) in [5.41, 5.74) is 2.90. The molecule has 5 heteroatoms. The van der Waals surface area contributed by atoms with E-state index >= 15 is 0 Å². The Kier molecular flexibility index (Phi) is 7.22. The smallest absolute Gasteiger partial charge is 0.223 e. The van der Waals surface area contributed by atoms with Crippen LogP contribution in [0.2, 0.25) is 0 Å². The van der Waals surface area contributed by atoms with Crippen LogP contribution >= 0.6 is 0 Å². The Morgan fingerprint density at radius 1 is 1.07 bits per heavy atom. The third kappa shape index (κ3) is 5.39. The molecule has 3 fully saturated rings. The minimum absolute atomic E-state index is 0.199.